The Labute approximate surface area is 129 Å². The minimum Gasteiger partial charge on any atom is -0.454 e. The fourth-order valence-corrected chi connectivity index (χ4v) is 2.71. The average Bonchev–Trinajstić information content (AvgIpc) is 2.41. The maximum Gasteiger partial charge on any atom is 0.150 e. The van der Waals surface area contributed by atoms with Gasteiger partial charge in [-0.25, -0.2) is 0 Å². The zero-order valence-corrected chi connectivity index (χ0v) is 13.7. The van der Waals surface area contributed by atoms with E-state index in [4.69, 9.17) is 4.74 Å². The van der Waals surface area contributed by atoms with Crippen molar-refractivity contribution in [1.82, 2.24) is 10.3 Å². The number of benzene rings is 1. The molecule has 1 aromatic carbocycles. The summed E-state index contributed by atoms with van der Waals surface area (Å²) in [6, 6.07) is 7.78. The maximum atomic E-state index is 5.92. The number of hydrogen-bond acceptors (Lipinski definition) is 3. The van der Waals surface area contributed by atoms with Crippen molar-refractivity contribution in [3.8, 4) is 11.5 Å². The first-order chi connectivity index (χ1) is 9.20. The van der Waals surface area contributed by atoms with Crippen LogP contribution in [0.3, 0.4) is 0 Å². The Morgan fingerprint density at radius 1 is 1.21 bits per heavy atom. The number of halogens is 2. The summed E-state index contributed by atoms with van der Waals surface area (Å²) in [6.45, 7) is 3.76. The lowest BCUT2D eigenvalue weighted by molar-refractivity contribution is 0.468. The van der Waals surface area contributed by atoms with Crippen LogP contribution in [0.5, 0.6) is 11.5 Å². The molecule has 0 bridgehead atoms. The smallest absolute Gasteiger partial charge is 0.150 e. The van der Waals surface area contributed by atoms with Gasteiger partial charge >= 0.3 is 0 Å². The van der Waals surface area contributed by atoms with Gasteiger partial charge in [0.1, 0.15) is 11.5 Å². The monoisotopic (exact) mass is 384 g/mol. The van der Waals surface area contributed by atoms with Gasteiger partial charge in [-0.15, -0.1) is 0 Å². The first kappa shape index (κ1) is 14.5. The molecule has 1 aromatic heterocycles. The fraction of sp³-hybridized carbons (Fsp3) is 0.214. The number of nitrogens with zero attached hydrogens (tertiary/aromatic N) is 1. The van der Waals surface area contributed by atoms with E-state index in [0.29, 0.717) is 0 Å². The highest BCUT2D eigenvalue weighted by Gasteiger charge is 2.07. The third-order valence-electron chi connectivity index (χ3n) is 2.55. The highest BCUT2D eigenvalue weighted by molar-refractivity contribution is 9.11. The lowest BCUT2D eigenvalue weighted by Crippen LogP contribution is -2.12. The SMILES string of the molecule is CCNCc1ccncc1Oc1ccc(Br)cc1Br. The van der Waals surface area contributed by atoms with E-state index >= 15 is 0 Å². The highest BCUT2D eigenvalue weighted by atomic mass is 79.9. The maximum absolute atomic E-state index is 5.92. The molecule has 5 heteroatoms. The minimum absolute atomic E-state index is 0.766. The molecule has 100 valence electrons. The predicted octanol–water partition coefficient (Wildman–Crippen LogP) is 4.51. The Morgan fingerprint density at radius 3 is 2.79 bits per heavy atom. The molecule has 0 atom stereocenters. The van der Waals surface area contributed by atoms with Crippen LogP contribution in [0.2, 0.25) is 0 Å². The molecule has 0 amide bonds. The van der Waals surface area contributed by atoms with Crippen LogP contribution in [0.1, 0.15) is 12.5 Å². The molecular weight excluding hydrogens is 372 g/mol. The lowest BCUT2D eigenvalue weighted by atomic mass is 10.2. The number of nitrogens with one attached hydrogen (secondary N) is 1. The Bertz CT molecular complexity index is 561. The zero-order chi connectivity index (χ0) is 13.7. The van der Waals surface area contributed by atoms with Gasteiger partial charge in [0.2, 0.25) is 0 Å². The number of aromatic nitrogens is 1. The van der Waals surface area contributed by atoms with Crippen molar-refractivity contribution >= 4 is 31.9 Å². The first-order valence-corrected chi connectivity index (χ1v) is 7.56. The minimum atomic E-state index is 0.766. The molecule has 0 saturated heterocycles. The predicted molar refractivity (Wildman–Crippen MR) is 83.5 cm³/mol. The van der Waals surface area contributed by atoms with Gasteiger partial charge in [-0.2, -0.15) is 0 Å². The van der Waals surface area contributed by atoms with Gasteiger partial charge < -0.3 is 10.1 Å². The molecule has 0 spiro atoms. The van der Waals surface area contributed by atoms with Crippen LogP contribution >= 0.6 is 31.9 Å². The number of ether oxygens (including phenoxy) is 1. The summed E-state index contributed by atoms with van der Waals surface area (Å²) in [6.07, 6.45) is 3.51. The molecule has 0 saturated carbocycles. The van der Waals surface area contributed by atoms with E-state index in [2.05, 4.69) is 49.1 Å². The van der Waals surface area contributed by atoms with Gasteiger partial charge in [0, 0.05) is 22.8 Å². The Balaban J connectivity index is 2.22. The summed E-state index contributed by atoms with van der Waals surface area (Å²) in [5, 5.41) is 3.29. The molecule has 0 unspecified atom stereocenters. The van der Waals surface area contributed by atoms with Crippen LogP contribution in [-0.4, -0.2) is 11.5 Å². The van der Waals surface area contributed by atoms with Crippen molar-refractivity contribution in [2.24, 2.45) is 0 Å². The van der Waals surface area contributed by atoms with Crippen LogP contribution in [0.15, 0.2) is 45.6 Å². The summed E-state index contributed by atoms with van der Waals surface area (Å²) in [7, 11) is 0. The molecule has 0 aliphatic heterocycles. The van der Waals surface area contributed by atoms with Crippen LogP contribution in [0.25, 0.3) is 0 Å². The molecule has 0 radical (unpaired) electrons. The number of rotatable bonds is 5. The molecule has 1 N–H and O–H groups in total. The topological polar surface area (TPSA) is 34.2 Å². The Kier molecular flexibility index (Phi) is 5.36. The summed E-state index contributed by atoms with van der Waals surface area (Å²) in [5.74, 6) is 1.54. The van der Waals surface area contributed by atoms with Gasteiger partial charge in [0.05, 0.1) is 10.7 Å². The van der Waals surface area contributed by atoms with E-state index in [-0.39, 0.29) is 0 Å². The Morgan fingerprint density at radius 2 is 2.05 bits per heavy atom. The van der Waals surface area contributed by atoms with Crippen molar-refractivity contribution in [1.29, 1.82) is 0 Å². The van der Waals surface area contributed by atoms with E-state index in [1.54, 1.807) is 12.4 Å². The summed E-state index contributed by atoms with van der Waals surface area (Å²) in [4.78, 5) is 4.12. The van der Waals surface area contributed by atoms with Gasteiger partial charge in [0.15, 0.2) is 0 Å². The van der Waals surface area contributed by atoms with Crippen LogP contribution in [0.4, 0.5) is 0 Å². The van der Waals surface area contributed by atoms with E-state index < -0.39 is 0 Å². The molecule has 0 aliphatic carbocycles. The quantitative estimate of drug-likeness (QED) is 0.822. The normalized spacial score (nSPS) is 10.5. The van der Waals surface area contributed by atoms with Gasteiger partial charge in [-0.1, -0.05) is 22.9 Å². The third-order valence-corrected chi connectivity index (χ3v) is 3.66. The lowest BCUT2D eigenvalue weighted by Gasteiger charge is -2.12. The summed E-state index contributed by atoms with van der Waals surface area (Å²) >= 11 is 6.91. The molecule has 2 rings (SSSR count). The van der Waals surface area contributed by atoms with E-state index in [0.717, 1.165) is 39.1 Å². The second-order valence-electron chi connectivity index (χ2n) is 3.94. The average molecular weight is 386 g/mol. The van der Waals surface area contributed by atoms with Crippen molar-refractivity contribution in [2.45, 2.75) is 13.5 Å². The van der Waals surface area contributed by atoms with Gasteiger partial charge in [-0.05, 0) is 46.7 Å². The van der Waals surface area contributed by atoms with E-state index in [1.165, 1.54) is 0 Å². The van der Waals surface area contributed by atoms with E-state index in [1.807, 2.05) is 24.3 Å². The van der Waals surface area contributed by atoms with Crippen molar-refractivity contribution in [3.63, 3.8) is 0 Å². The Hall–Kier alpha value is -0.910. The van der Waals surface area contributed by atoms with Gasteiger partial charge in [0.25, 0.3) is 0 Å². The van der Waals surface area contributed by atoms with Crippen LogP contribution in [0, 0.1) is 0 Å². The summed E-state index contributed by atoms with van der Waals surface area (Å²) in [5.41, 5.74) is 1.09. The van der Waals surface area contributed by atoms with Crippen LogP contribution < -0.4 is 10.1 Å². The highest BCUT2D eigenvalue weighted by Crippen LogP contribution is 2.33. The number of hydrogen-bond donors (Lipinski definition) is 1. The third kappa shape index (κ3) is 4.03. The standard InChI is InChI=1S/C14H14Br2N2O/c1-2-17-8-10-5-6-18-9-14(10)19-13-4-3-11(15)7-12(13)16/h3-7,9,17H,2,8H2,1H3. The zero-order valence-electron chi connectivity index (χ0n) is 10.5. The second-order valence-corrected chi connectivity index (χ2v) is 5.71. The molecule has 0 fully saturated rings. The number of pyridine rings is 1. The molecule has 1 heterocycles. The van der Waals surface area contributed by atoms with Gasteiger partial charge in [-0.3, -0.25) is 4.98 Å². The van der Waals surface area contributed by atoms with E-state index in [9.17, 15) is 0 Å². The van der Waals surface area contributed by atoms with Crippen molar-refractivity contribution < 1.29 is 4.74 Å². The summed E-state index contributed by atoms with van der Waals surface area (Å²) < 4.78 is 7.83. The molecule has 3 nitrogen and oxygen atoms in total. The van der Waals surface area contributed by atoms with Crippen molar-refractivity contribution in [3.05, 3.63) is 51.2 Å². The largest absolute Gasteiger partial charge is 0.454 e. The second kappa shape index (κ2) is 7.03. The molecule has 0 aliphatic rings. The molecule has 19 heavy (non-hydrogen) atoms. The first-order valence-electron chi connectivity index (χ1n) is 5.97. The molecule has 2 aromatic rings. The molecular formula is C14H14Br2N2O. The van der Waals surface area contributed by atoms with Crippen LogP contribution in [-0.2, 0) is 6.54 Å². The fourth-order valence-electron chi connectivity index (χ4n) is 1.58. The van der Waals surface area contributed by atoms with Crippen molar-refractivity contribution in [2.75, 3.05) is 6.54 Å².